The molecule has 2 aromatic heterocycles. The van der Waals surface area contributed by atoms with Gasteiger partial charge in [0.2, 0.25) is 0 Å². The van der Waals surface area contributed by atoms with E-state index in [9.17, 15) is 0 Å². The van der Waals surface area contributed by atoms with Crippen molar-refractivity contribution in [3.8, 4) is 11.5 Å². The number of hydrogen-bond acceptors (Lipinski definition) is 5. The molecule has 1 aliphatic rings. The third-order valence-corrected chi connectivity index (χ3v) is 3.72. The average molecular weight is 247 g/mol. The Kier molecular flexibility index (Phi) is 2.53. The van der Waals surface area contributed by atoms with Gasteiger partial charge in [0.1, 0.15) is 16.5 Å². The topological polar surface area (TPSA) is 55.6 Å². The van der Waals surface area contributed by atoms with Crippen LogP contribution in [0.25, 0.3) is 17.6 Å². The predicted octanol–water partition coefficient (Wildman–Crippen LogP) is 1.71. The van der Waals surface area contributed by atoms with Crippen LogP contribution in [0.5, 0.6) is 0 Å². The minimum absolute atomic E-state index is 0.252. The Bertz CT molecular complexity index is 556. The maximum absolute atomic E-state index is 4.46. The fourth-order valence-electron chi connectivity index (χ4n) is 2.01. The Labute approximate surface area is 103 Å². The van der Waals surface area contributed by atoms with Crippen LogP contribution in [0.1, 0.15) is 23.8 Å². The van der Waals surface area contributed by atoms with E-state index in [0.717, 1.165) is 35.4 Å². The van der Waals surface area contributed by atoms with Crippen molar-refractivity contribution in [3.05, 3.63) is 22.8 Å². The molecule has 0 amide bonds. The van der Waals surface area contributed by atoms with Crippen LogP contribution in [0.3, 0.4) is 0 Å². The lowest BCUT2D eigenvalue weighted by Gasteiger charge is -2.21. The quantitative estimate of drug-likeness (QED) is 0.877. The van der Waals surface area contributed by atoms with Crippen molar-refractivity contribution < 1.29 is 0 Å². The molecule has 0 fully saturated rings. The Morgan fingerprint density at radius 3 is 3.24 bits per heavy atom. The standard InChI is InChI=1S/C11H13N5S/c1-3-9-13-8(6-17-9)11-15-14-10-7(2)12-4-5-16(10)11/h3,6-7,12H,1,4-5H2,2H3. The van der Waals surface area contributed by atoms with Crippen LogP contribution in [0.2, 0.25) is 0 Å². The van der Waals surface area contributed by atoms with E-state index >= 15 is 0 Å². The number of hydrogen-bond donors (Lipinski definition) is 1. The van der Waals surface area contributed by atoms with Crippen LogP contribution in [-0.4, -0.2) is 26.3 Å². The first-order chi connectivity index (χ1) is 8.29. The summed E-state index contributed by atoms with van der Waals surface area (Å²) >= 11 is 1.57. The van der Waals surface area contributed by atoms with Crippen molar-refractivity contribution in [1.29, 1.82) is 0 Å². The van der Waals surface area contributed by atoms with Crippen molar-refractivity contribution in [2.75, 3.05) is 6.54 Å². The molecule has 0 aliphatic carbocycles. The third kappa shape index (κ3) is 1.69. The molecule has 3 heterocycles. The number of aromatic nitrogens is 4. The molecule has 1 unspecified atom stereocenters. The molecule has 0 saturated carbocycles. The van der Waals surface area contributed by atoms with E-state index < -0.39 is 0 Å². The Balaban J connectivity index is 2.06. The van der Waals surface area contributed by atoms with Crippen LogP contribution in [0.4, 0.5) is 0 Å². The smallest absolute Gasteiger partial charge is 0.183 e. The molecular formula is C11H13N5S. The summed E-state index contributed by atoms with van der Waals surface area (Å²) in [5.74, 6) is 1.84. The van der Waals surface area contributed by atoms with Gasteiger partial charge in [-0.05, 0) is 13.0 Å². The first-order valence-electron chi connectivity index (χ1n) is 5.54. The zero-order valence-electron chi connectivity index (χ0n) is 9.55. The highest BCUT2D eigenvalue weighted by molar-refractivity contribution is 7.10. The van der Waals surface area contributed by atoms with Crippen LogP contribution in [0, 0.1) is 0 Å². The lowest BCUT2D eigenvalue weighted by molar-refractivity contribution is 0.439. The molecule has 0 spiro atoms. The second-order valence-corrected chi connectivity index (χ2v) is 4.87. The Hall–Kier alpha value is -1.53. The van der Waals surface area contributed by atoms with Gasteiger partial charge in [-0.3, -0.25) is 0 Å². The van der Waals surface area contributed by atoms with E-state index in [1.165, 1.54) is 0 Å². The molecule has 17 heavy (non-hydrogen) atoms. The minimum Gasteiger partial charge on any atom is -0.307 e. The van der Waals surface area contributed by atoms with E-state index in [0.29, 0.717) is 0 Å². The van der Waals surface area contributed by atoms with E-state index in [4.69, 9.17) is 0 Å². The molecule has 3 rings (SSSR count). The fourth-order valence-corrected chi connectivity index (χ4v) is 2.65. The first kappa shape index (κ1) is 10.6. The summed E-state index contributed by atoms with van der Waals surface area (Å²) < 4.78 is 2.14. The monoisotopic (exact) mass is 247 g/mol. The Morgan fingerprint density at radius 2 is 2.47 bits per heavy atom. The second-order valence-electron chi connectivity index (χ2n) is 3.98. The van der Waals surface area contributed by atoms with Crippen molar-refractivity contribution in [2.45, 2.75) is 19.5 Å². The summed E-state index contributed by atoms with van der Waals surface area (Å²) in [4.78, 5) is 4.46. The molecule has 0 saturated heterocycles. The number of nitrogens with zero attached hydrogens (tertiary/aromatic N) is 4. The van der Waals surface area contributed by atoms with Gasteiger partial charge < -0.3 is 9.88 Å². The summed E-state index contributed by atoms with van der Waals surface area (Å²) in [6.07, 6.45) is 1.76. The summed E-state index contributed by atoms with van der Waals surface area (Å²) in [5, 5.41) is 14.8. The van der Waals surface area contributed by atoms with E-state index in [-0.39, 0.29) is 6.04 Å². The molecule has 5 nitrogen and oxygen atoms in total. The van der Waals surface area contributed by atoms with E-state index in [2.05, 4.69) is 38.6 Å². The van der Waals surface area contributed by atoms with Gasteiger partial charge in [0, 0.05) is 18.5 Å². The highest BCUT2D eigenvalue weighted by atomic mass is 32.1. The fraction of sp³-hybridized carbons (Fsp3) is 0.364. The molecule has 6 heteroatoms. The van der Waals surface area contributed by atoms with Crippen LogP contribution >= 0.6 is 11.3 Å². The molecule has 1 N–H and O–H groups in total. The van der Waals surface area contributed by atoms with Crippen LogP contribution in [0.15, 0.2) is 12.0 Å². The molecule has 0 bridgehead atoms. The highest BCUT2D eigenvalue weighted by Gasteiger charge is 2.22. The lowest BCUT2D eigenvalue weighted by Crippen LogP contribution is -2.32. The van der Waals surface area contributed by atoms with Crippen molar-refractivity contribution in [3.63, 3.8) is 0 Å². The number of nitrogens with one attached hydrogen (secondary N) is 1. The maximum Gasteiger partial charge on any atom is 0.183 e. The largest absolute Gasteiger partial charge is 0.307 e. The summed E-state index contributed by atoms with van der Waals surface area (Å²) in [7, 11) is 0. The first-order valence-corrected chi connectivity index (χ1v) is 6.42. The molecule has 0 radical (unpaired) electrons. The molecule has 1 atom stereocenters. The van der Waals surface area contributed by atoms with Gasteiger partial charge in [-0.15, -0.1) is 21.5 Å². The SMILES string of the molecule is C=Cc1nc(-c2nnc3n2CCNC3C)cs1. The average Bonchev–Trinajstić information content (AvgIpc) is 2.94. The zero-order valence-corrected chi connectivity index (χ0v) is 10.4. The van der Waals surface area contributed by atoms with Gasteiger partial charge in [0.25, 0.3) is 0 Å². The van der Waals surface area contributed by atoms with E-state index in [1.54, 1.807) is 17.4 Å². The number of fused-ring (bicyclic) bond motifs is 1. The molecule has 2 aromatic rings. The van der Waals surface area contributed by atoms with Gasteiger partial charge >= 0.3 is 0 Å². The zero-order chi connectivity index (χ0) is 11.8. The molecule has 0 aromatic carbocycles. The third-order valence-electron chi connectivity index (χ3n) is 2.88. The molecule has 88 valence electrons. The van der Waals surface area contributed by atoms with Gasteiger partial charge in [-0.1, -0.05) is 6.58 Å². The summed E-state index contributed by atoms with van der Waals surface area (Å²) in [6.45, 7) is 7.65. The van der Waals surface area contributed by atoms with Gasteiger partial charge in [0.15, 0.2) is 5.82 Å². The lowest BCUT2D eigenvalue weighted by atomic mass is 10.2. The van der Waals surface area contributed by atoms with Crippen LogP contribution in [-0.2, 0) is 6.54 Å². The van der Waals surface area contributed by atoms with Gasteiger partial charge in [0.05, 0.1) is 6.04 Å². The van der Waals surface area contributed by atoms with Gasteiger partial charge in [-0.2, -0.15) is 0 Å². The summed E-state index contributed by atoms with van der Waals surface area (Å²) in [6, 6.07) is 0.252. The number of rotatable bonds is 2. The Morgan fingerprint density at radius 1 is 1.59 bits per heavy atom. The maximum atomic E-state index is 4.46. The minimum atomic E-state index is 0.252. The molecule has 1 aliphatic heterocycles. The highest BCUT2D eigenvalue weighted by Crippen LogP contribution is 2.24. The van der Waals surface area contributed by atoms with E-state index in [1.807, 2.05) is 5.38 Å². The predicted molar refractivity (Wildman–Crippen MR) is 67.6 cm³/mol. The second kappa shape index (κ2) is 4.05. The number of thiazole rings is 1. The van der Waals surface area contributed by atoms with Gasteiger partial charge in [-0.25, -0.2) is 4.98 Å². The van der Waals surface area contributed by atoms with Crippen molar-refractivity contribution in [1.82, 2.24) is 25.1 Å². The normalized spacial score (nSPS) is 19.0. The molecular weight excluding hydrogens is 234 g/mol. The van der Waals surface area contributed by atoms with Crippen LogP contribution < -0.4 is 5.32 Å². The van der Waals surface area contributed by atoms with Crippen molar-refractivity contribution in [2.24, 2.45) is 0 Å². The summed E-state index contributed by atoms with van der Waals surface area (Å²) in [5.41, 5.74) is 0.887. The van der Waals surface area contributed by atoms with Crippen molar-refractivity contribution >= 4 is 17.4 Å².